The fourth-order valence-corrected chi connectivity index (χ4v) is 6.57. The number of carboxylic acid groups (broad SMARTS) is 1. The molecule has 3 aromatic rings. The lowest BCUT2D eigenvalue weighted by Gasteiger charge is -2.49. The van der Waals surface area contributed by atoms with E-state index in [-0.39, 0.29) is 73.8 Å². The number of aromatic nitrogens is 2. The fraction of sp³-hybridized carbons (Fsp3) is 0.240. The van der Waals surface area contributed by atoms with E-state index in [1.54, 1.807) is 0 Å². The lowest BCUT2D eigenvalue weighted by atomic mass is 10.0. The number of fused-ring (bicyclic) bond motifs is 1. The van der Waals surface area contributed by atoms with E-state index in [2.05, 4.69) is 20.6 Å². The number of aliphatic carboxylic acids is 1. The van der Waals surface area contributed by atoms with E-state index in [4.69, 9.17) is 43.0 Å². The lowest BCUT2D eigenvalue weighted by Crippen LogP contribution is -2.71. The quantitative estimate of drug-likeness (QED) is 0.0671. The number of carbonyl (C=O) groups is 4. The molecule has 2 aliphatic heterocycles. The zero-order valence-electron chi connectivity index (χ0n) is 22.6. The maximum absolute atomic E-state index is 13.3. The Hall–Kier alpha value is -4.52. The van der Waals surface area contributed by atoms with Crippen LogP contribution in [0.25, 0.3) is 11.3 Å². The van der Waals surface area contributed by atoms with Crippen molar-refractivity contribution in [3.8, 4) is 22.8 Å². The Kier molecular flexibility index (Phi) is 9.10. The van der Waals surface area contributed by atoms with Gasteiger partial charge in [-0.2, -0.15) is 0 Å². The number of nitrogens with two attached hydrogens (primary N) is 1. The first-order valence-corrected chi connectivity index (χ1v) is 15.2. The van der Waals surface area contributed by atoms with Gasteiger partial charge in [-0.3, -0.25) is 19.3 Å². The summed E-state index contributed by atoms with van der Waals surface area (Å²) >= 11 is 14.2. The van der Waals surface area contributed by atoms with Gasteiger partial charge in [-0.25, -0.2) is 9.78 Å². The number of thiazole rings is 1. The molecule has 20 heteroatoms. The molecule has 1 fully saturated rings. The maximum Gasteiger partial charge on any atom is 0.352 e. The number of benzene rings is 1. The number of anilines is 1. The average Bonchev–Trinajstić information content (AvgIpc) is 3.65. The van der Waals surface area contributed by atoms with Gasteiger partial charge in [0.1, 0.15) is 35.1 Å². The highest BCUT2D eigenvalue weighted by molar-refractivity contribution is 8.00. The number of β-lactam (4-membered cyclic amide) rings is 1. The molecule has 2 atom stereocenters. The van der Waals surface area contributed by atoms with Gasteiger partial charge in [0.15, 0.2) is 34.7 Å². The molecule has 4 heterocycles. The number of carboxylic acids is 1. The summed E-state index contributed by atoms with van der Waals surface area (Å²) in [5.41, 5.74) is 5.68. The predicted octanol–water partition coefficient (Wildman–Crippen LogP) is 2.32. The number of aromatic hydroxyl groups is 2. The number of esters is 1. The standard InChI is InChI=1S/C25H20Cl2N6O10S2/c1-8(34)41-4-9-6-44-23-17(22(38)33(23)18(9)24(39)40)30-21(37)16(14-7-45-25(28)29-14)32-42-5-10-2-13(31-43-10)11-3-12(26)19(35)20(36)15(11)27/h2-3,7,17,23,35-36H,4-6H2,1H3,(H2,28,29)(H,30,37)(H,39,40)/b32-16+/t17-,23-/m1/s1. The summed E-state index contributed by atoms with van der Waals surface area (Å²) in [5, 5.41) is 40.2. The molecule has 6 N–H and O–H groups in total. The Balaban J connectivity index is 1.31. The van der Waals surface area contributed by atoms with Gasteiger partial charge in [-0.1, -0.05) is 33.5 Å². The highest BCUT2D eigenvalue weighted by atomic mass is 35.5. The molecule has 45 heavy (non-hydrogen) atoms. The molecule has 0 unspecified atom stereocenters. The molecule has 16 nitrogen and oxygen atoms in total. The highest BCUT2D eigenvalue weighted by Crippen LogP contribution is 2.45. The Morgan fingerprint density at radius 3 is 2.67 bits per heavy atom. The minimum atomic E-state index is -1.38. The summed E-state index contributed by atoms with van der Waals surface area (Å²) in [7, 11) is 0. The first-order chi connectivity index (χ1) is 21.4. The van der Waals surface area contributed by atoms with Crippen LogP contribution in [0.3, 0.4) is 0 Å². The Labute approximate surface area is 270 Å². The summed E-state index contributed by atoms with van der Waals surface area (Å²) in [6, 6.07) is 1.57. The number of phenols is 2. The molecule has 0 spiro atoms. The highest BCUT2D eigenvalue weighted by Gasteiger charge is 2.54. The molecular weight excluding hydrogens is 679 g/mol. The van der Waals surface area contributed by atoms with Crippen molar-refractivity contribution in [2.75, 3.05) is 18.1 Å². The second-order valence-electron chi connectivity index (χ2n) is 9.28. The van der Waals surface area contributed by atoms with Crippen molar-refractivity contribution in [3.63, 3.8) is 0 Å². The SMILES string of the molecule is CC(=O)OCC1=C(C(=O)O)N2C(=O)[C@@H](NC(=O)/C(=N/OCc3cc(-c4cc(Cl)c(O)c(O)c4Cl)no3)c3csc(N)n3)[C@H]2SC1. The summed E-state index contributed by atoms with van der Waals surface area (Å²) in [6.07, 6.45) is 0. The van der Waals surface area contributed by atoms with Crippen LogP contribution >= 0.6 is 46.3 Å². The number of oxime groups is 1. The van der Waals surface area contributed by atoms with Gasteiger partial charge >= 0.3 is 11.9 Å². The van der Waals surface area contributed by atoms with E-state index in [0.29, 0.717) is 0 Å². The van der Waals surface area contributed by atoms with Gasteiger partial charge in [0, 0.05) is 35.3 Å². The van der Waals surface area contributed by atoms with E-state index in [1.165, 1.54) is 36.2 Å². The third-order valence-electron chi connectivity index (χ3n) is 6.33. The molecule has 0 aliphatic carbocycles. The molecule has 2 amide bonds. The van der Waals surface area contributed by atoms with Crippen molar-refractivity contribution < 1.29 is 48.6 Å². The maximum atomic E-state index is 13.3. The molecule has 1 aromatic carbocycles. The molecule has 2 aliphatic rings. The number of nitrogen functional groups attached to an aromatic ring is 1. The number of ether oxygens (including phenoxy) is 1. The lowest BCUT2D eigenvalue weighted by molar-refractivity contribution is -0.150. The Morgan fingerprint density at radius 1 is 1.24 bits per heavy atom. The minimum absolute atomic E-state index is 0.0453. The average molecular weight is 700 g/mol. The Bertz CT molecular complexity index is 1790. The number of hydrogen-bond acceptors (Lipinski definition) is 15. The van der Waals surface area contributed by atoms with Gasteiger partial charge in [-0.15, -0.1) is 23.1 Å². The van der Waals surface area contributed by atoms with Crippen LogP contribution in [0, 0.1) is 0 Å². The molecule has 5 rings (SSSR count). The van der Waals surface area contributed by atoms with Gasteiger partial charge in [0.05, 0.1) is 10.0 Å². The van der Waals surface area contributed by atoms with E-state index >= 15 is 0 Å². The van der Waals surface area contributed by atoms with Gasteiger partial charge < -0.3 is 40.5 Å². The van der Waals surface area contributed by atoms with Crippen molar-refractivity contribution in [1.29, 1.82) is 0 Å². The van der Waals surface area contributed by atoms with Crippen LogP contribution in [-0.4, -0.2) is 83.6 Å². The Morgan fingerprint density at radius 2 is 2.00 bits per heavy atom. The second-order valence-corrected chi connectivity index (χ2v) is 12.1. The monoisotopic (exact) mass is 698 g/mol. The van der Waals surface area contributed by atoms with Crippen molar-refractivity contribution >= 4 is 80.9 Å². The molecular formula is C25H20Cl2N6O10S2. The molecule has 0 saturated carbocycles. The van der Waals surface area contributed by atoms with Crippen LogP contribution in [-0.2, 0) is 35.4 Å². The third-order valence-corrected chi connectivity index (χ3v) is 9.01. The van der Waals surface area contributed by atoms with Crippen LogP contribution in [0.2, 0.25) is 10.0 Å². The molecule has 236 valence electrons. The number of hydrogen-bond donors (Lipinski definition) is 5. The normalized spacial score (nSPS) is 17.9. The smallest absolute Gasteiger partial charge is 0.352 e. The zero-order chi connectivity index (χ0) is 32.6. The van der Waals surface area contributed by atoms with Crippen molar-refractivity contribution in [2.24, 2.45) is 5.16 Å². The number of nitrogens with one attached hydrogen (secondary N) is 1. The van der Waals surface area contributed by atoms with Gasteiger partial charge in [0.2, 0.25) is 0 Å². The summed E-state index contributed by atoms with van der Waals surface area (Å²) < 4.78 is 10.1. The third kappa shape index (κ3) is 6.35. The first-order valence-electron chi connectivity index (χ1n) is 12.5. The number of phenolic OH excluding ortho intramolecular Hbond substituents is 2. The number of halogens is 2. The number of rotatable bonds is 10. The van der Waals surface area contributed by atoms with Gasteiger partial charge in [0.25, 0.3) is 11.8 Å². The van der Waals surface area contributed by atoms with E-state index in [0.717, 1.165) is 16.2 Å². The number of carbonyl (C=O) groups excluding carboxylic acids is 3. The first kappa shape index (κ1) is 31.9. The minimum Gasteiger partial charge on any atom is -0.503 e. The number of amides is 2. The number of nitrogens with zero attached hydrogens (tertiary/aromatic N) is 4. The molecule has 1 saturated heterocycles. The summed E-state index contributed by atoms with van der Waals surface area (Å²) in [4.78, 5) is 59.9. The van der Waals surface area contributed by atoms with Crippen LogP contribution in [0.1, 0.15) is 18.4 Å². The van der Waals surface area contributed by atoms with E-state index in [9.17, 15) is 34.5 Å². The van der Waals surface area contributed by atoms with E-state index < -0.39 is 46.7 Å². The fourth-order valence-electron chi connectivity index (χ4n) is 4.25. The molecule has 0 bridgehead atoms. The largest absolute Gasteiger partial charge is 0.503 e. The van der Waals surface area contributed by atoms with Crippen LogP contribution in [0.4, 0.5) is 5.13 Å². The summed E-state index contributed by atoms with van der Waals surface area (Å²) in [6.45, 7) is 0.547. The summed E-state index contributed by atoms with van der Waals surface area (Å²) in [5.74, 6) is -4.50. The molecule has 0 radical (unpaired) electrons. The van der Waals surface area contributed by atoms with Crippen LogP contribution < -0.4 is 11.1 Å². The van der Waals surface area contributed by atoms with Crippen molar-refractivity contribution in [3.05, 3.63) is 50.3 Å². The predicted molar refractivity (Wildman–Crippen MR) is 159 cm³/mol. The van der Waals surface area contributed by atoms with Crippen molar-refractivity contribution in [1.82, 2.24) is 20.4 Å². The number of thioether (sulfide) groups is 1. The van der Waals surface area contributed by atoms with E-state index in [1.807, 2.05) is 0 Å². The van der Waals surface area contributed by atoms with Gasteiger partial charge in [-0.05, 0) is 6.07 Å². The second kappa shape index (κ2) is 12.8. The van der Waals surface area contributed by atoms with Crippen LogP contribution in [0.15, 0.2) is 38.5 Å². The topological polar surface area (TPSA) is 240 Å². The van der Waals surface area contributed by atoms with Crippen LogP contribution in [0.5, 0.6) is 11.5 Å². The zero-order valence-corrected chi connectivity index (χ0v) is 25.8. The molecule has 2 aromatic heterocycles. The van der Waals surface area contributed by atoms with Crippen molar-refractivity contribution in [2.45, 2.75) is 24.9 Å².